The molecule has 1 aromatic carbocycles. The molecule has 4 aromatic rings. The van der Waals surface area contributed by atoms with Crippen LogP contribution in [-0.4, -0.2) is 44.7 Å². The standard InChI is InChI=1S/C27H29N5O2/c1-18(2)32-17-22(16-31-32)26-12-20-11-23(29-14-21(20)15-30-26)13-27(33)19-3-5-24(6-4-19)34-25-7-9-28-10-8-25/h3-6,11-12,14-18,25,28H,7-10,13H2,1-2H3. The third-order valence-corrected chi connectivity index (χ3v) is 6.19. The van der Waals surface area contributed by atoms with Gasteiger partial charge in [-0.05, 0) is 81.6 Å². The summed E-state index contributed by atoms with van der Waals surface area (Å²) in [7, 11) is 0. The Morgan fingerprint density at radius 3 is 2.56 bits per heavy atom. The van der Waals surface area contributed by atoms with Crippen LogP contribution in [0.4, 0.5) is 0 Å². The highest BCUT2D eigenvalue weighted by molar-refractivity contribution is 5.98. The molecule has 5 rings (SSSR count). The van der Waals surface area contributed by atoms with E-state index in [-0.39, 0.29) is 18.3 Å². The number of carbonyl (C=O) groups is 1. The van der Waals surface area contributed by atoms with E-state index in [9.17, 15) is 4.79 Å². The van der Waals surface area contributed by atoms with Crippen LogP contribution < -0.4 is 10.1 Å². The molecule has 1 N–H and O–H groups in total. The van der Waals surface area contributed by atoms with Gasteiger partial charge in [-0.3, -0.25) is 19.4 Å². The molecule has 1 aliphatic heterocycles. The summed E-state index contributed by atoms with van der Waals surface area (Å²) in [6.45, 7) is 6.15. The minimum Gasteiger partial charge on any atom is -0.490 e. The fraction of sp³-hybridized carbons (Fsp3) is 0.333. The van der Waals surface area contributed by atoms with E-state index in [1.54, 1.807) is 6.20 Å². The van der Waals surface area contributed by atoms with Crippen molar-refractivity contribution in [3.8, 4) is 17.0 Å². The van der Waals surface area contributed by atoms with Gasteiger partial charge in [-0.1, -0.05) is 0 Å². The van der Waals surface area contributed by atoms with Gasteiger partial charge < -0.3 is 10.1 Å². The van der Waals surface area contributed by atoms with E-state index in [4.69, 9.17) is 4.74 Å². The van der Waals surface area contributed by atoms with Gasteiger partial charge in [-0.15, -0.1) is 0 Å². The van der Waals surface area contributed by atoms with Crippen molar-refractivity contribution in [2.24, 2.45) is 0 Å². The molecule has 7 nitrogen and oxygen atoms in total. The average molecular weight is 456 g/mol. The first-order valence-electron chi connectivity index (χ1n) is 11.8. The van der Waals surface area contributed by atoms with Crippen LogP contribution in [0, 0.1) is 0 Å². The summed E-state index contributed by atoms with van der Waals surface area (Å²) in [5.74, 6) is 0.848. The highest BCUT2D eigenvalue weighted by atomic mass is 16.5. The molecular weight excluding hydrogens is 426 g/mol. The Kier molecular flexibility index (Phi) is 6.36. The van der Waals surface area contributed by atoms with E-state index in [1.807, 2.05) is 59.7 Å². The summed E-state index contributed by atoms with van der Waals surface area (Å²) in [5.41, 5.74) is 3.22. The quantitative estimate of drug-likeness (QED) is 0.409. The van der Waals surface area contributed by atoms with E-state index < -0.39 is 0 Å². The number of aromatic nitrogens is 4. The van der Waals surface area contributed by atoms with E-state index in [1.165, 1.54) is 0 Å². The third-order valence-electron chi connectivity index (χ3n) is 6.19. The second-order valence-corrected chi connectivity index (χ2v) is 9.09. The van der Waals surface area contributed by atoms with Gasteiger partial charge in [-0.25, -0.2) is 0 Å². The minimum absolute atomic E-state index is 0.0350. The second-order valence-electron chi connectivity index (χ2n) is 9.09. The van der Waals surface area contributed by atoms with Crippen LogP contribution in [0.5, 0.6) is 5.75 Å². The number of Topliss-reactive ketones (excluding diaryl/α,β-unsaturated/α-hetero) is 1. The number of hydrogen-bond acceptors (Lipinski definition) is 6. The fourth-order valence-electron chi connectivity index (χ4n) is 4.18. The van der Waals surface area contributed by atoms with E-state index in [2.05, 4.69) is 34.2 Å². The normalized spacial score (nSPS) is 14.6. The highest BCUT2D eigenvalue weighted by Crippen LogP contribution is 2.23. The van der Waals surface area contributed by atoms with Gasteiger partial charge in [-0.2, -0.15) is 5.10 Å². The van der Waals surface area contributed by atoms with Gasteiger partial charge in [0.25, 0.3) is 0 Å². The van der Waals surface area contributed by atoms with Crippen molar-refractivity contribution in [1.29, 1.82) is 0 Å². The SMILES string of the molecule is CC(C)n1cc(-c2cc3cc(CC(=O)c4ccc(OC5CCNCC5)cc4)ncc3cn2)cn1. The lowest BCUT2D eigenvalue weighted by atomic mass is 10.0. The van der Waals surface area contributed by atoms with E-state index >= 15 is 0 Å². The molecule has 1 fully saturated rings. The lowest BCUT2D eigenvalue weighted by Gasteiger charge is -2.23. The Hall–Kier alpha value is -3.58. The molecule has 0 amide bonds. The number of pyridine rings is 2. The molecule has 4 heterocycles. The van der Waals surface area contributed by atoms with Crippen molar-refractivity contribution in [1.82, 2.24) is 25.1 Å². The number of nitrogens with zero attached hydrogens (tertiary/aromatic N) is 4. The second kappa shape index (κ2) is 9.73. The first-order chi connectivity index (χ1) is 16.5. The molecule has 34 heavy (non-hydrogen) atoms. The predicted octanol–water partition coefficient (Wildman–Crippen LogP) is 4.63. The number of fused-ring (bicyclic) bond motifs is 1. The molecular formula is C27H29N5O2. The number of piperidine rings is 1. The van der Waals surface area contributed by atoms with Crippen LogP contribution in [0.3, 0.4) is 0 Å². The lowest BCUT2D eigenvalue weighted by Crippen LogP contribution is -2.34. The maximum atomic E-state index is 12.9. The molecule has 0 radical (unpaired) electrons. The van der Waals surface area contributed by atoms with Gasteiger partial charge in [0.2, 0.25) is 0 Å². The molecule has 1 saturated heterocycles. The molecule has 0 spiro atoms. The van der Waals surface area contributed by atoms with Crippen molar-refractivity contribution in [3.05, 3.63) is 72.4 Å². The number of rotatable bonds is 7. The smallest absolute Gasteiger partial charge is 0.168 e. The van der Waals surface area contributed by atoms with Crippen LogP contribution in [0.15, 0.2) is 61.2 Å². The van der Waals surface area contributed by atoms with Crippen molar-refractivity contribution < 1.29 is 9.53 Å². The van der Waals surface area contributed by atoms with Gasteiger partial charge in [0.1, 0.15) is 11.9 Å². The minimum atomic E-state index is 0.0350. The summed E-state index contributed by atoms with van der Waals surface area (Å²) in [6, 6.07) is 11.7. The lowest BCUT2D eigenvalue weighted by molar-refractivity contribution is 0.0992. The largest absolute Gasteiger partial charge is 0.490 e. The summed E-state index contributed by atoms with van der Waals surface area (Å²) in [5, 5.41) is 9.69. The van der Waals surface area contributed by atoms with Gasteiger partial charge in [0, 0.05) is 46.8 Å². The van der Waals surface area contributed by atoms with Crippen molar-refractivity contribution in [2.75, 3.05) is 13.1 Å². The average Bonchev–Trinajstić information content (AvgIpc) is 3.36. The zero-order chi connectivity index (χ0) is 23.5. The summed E-state index contributed by atoms with van der Waals surface area (Å²) in [4.78, 5) is 21.9. The molecule has 3 aromatic heterocycles. The maximum absolute atomic E-state index is 12.9. The first kappa shape index (κ1) is 22.2. The number of nitrogens with one attached hydrogen (secondary N) is 1. The Labute approximate surface area is 199 Å². The van der Waals surface area contributed by atoms with Crippen molar-refractivity contribution in [3.63, 3.8) is 0 Å². The zero-order valence-electron chi connectivity index (χ0n) is 19.6. The Bertz CT molecular complexity index is 1290. The Balaban J connectivity index is 1.29. The number of hydrogen-bond donors (Lipinski definition) is 1. The van der Waals surface area contributed by atoms with Crippen LogP contribution in [0.1, 0.15) is 48.8 Å². The third kappa shape index (κ3) is 4.99. The van der Waals surface area contributed by atoms with Crippen LogP contribution in [0.25, 0.3) is 22.0 Å². The molecule has 0 aliphatic carbocycles. The van der Waals surface area contributed by atoms with Gasteiger partial charge in [0.15, 0.2) is 5.78 Å². The molecule has 174 valence electrons. The number of ketones is 1. The zero-order valence-corrected chi connectivity index (χ0v) is 19.6. The highest BCUT2D eigenvalue weighted by Gasteiger charge is 2.15. The molecule has 7 heteroatoms. The topological polar surface area (TPSA) is 81.9 Å². The van der Waals surface area contributed by atoms with Gasteiger partial charge >= 0.3 is 0 Å². The predicted molar refractivity (Wildman–Crippen MR) is 132 cm³/mol. The number of carbonyl (C=O) groups excluding carboxylic acids is 1. The van der Waals surface area contributed by atoms with Crippen molar-refractivity contribution >= 4 is 16.6 Å². The van der Waals surface area contributed by atoms with Crippen molar-refractivity contribution in [2.45, 2.75) is 45.3 Å². The van der Waals surface area contributed by atoms with Crippen LogP contribution in [0.2, 0.25) is 0 Å². The van der Waals surface area contributed by atoms with E-state index in [0.717, 1.165) is 59.4 Å². The van der Waals surface area contributed by atoms with Crippen LogP contribution >= 0.6 is 0 Å². The molecule has 1 aliphatic rings. The fourth-order valence-corrected chi connectivity index (χ4v) is 4.18. The monoisotopic (exact) mass is 455 g/mol. The number of benzene rings is 1. The molecule has 0 bridgehead atoms. The van der Waals surface area contributed by atoms with Crippen LogP contribution in [-0.2, 0) is 6.42 Å². The summed E-state index contributed by atoms with van der Waals surface area (Å²) in [6.07, 6.45) is 9.93. The summed E-state index contributed by atoms with van der Waals surface area (Å²) < 4.78 is 7.96. The molecule has 0 saturated carbocycles. The maximum Gasteiger partial charge on any atom is 0.168 e. The van der Waals surface area contributed by atoms with E-state index in [0.29, 0.717) is 11.6 Å². The first-order valence-corrected chi connectivity index (χ1v) is 11.8. The Morgan fingerprint density at radius 1 is 1.06 bits per heavy atom. The van der Waals surface area contributed by atoms with Gasteiger partial charge in [0.05, 0.1) is 18.3 Å². The Morgan fingerprint density at radius 2 is 1.82 bits per heavy atom. The molecule has 0 unspecified atom stereocenters. The molecule has 0 atom stereocenters. The number of ether oxygens (including phenoxy) is 1. The summed E-state index contributed by atoms with van der Waals surface area (Å²) >= 11 is 0.